The Bertz CT molecular complexity index is 846. The van der Waals surface area contributed by atoms with Gasteiger partial charge in [0.2, 0.25) is 5.88 Å². The Morgan fingerprint density at radius 3 is 2.91 bits per heavy atom. The number of methoxy groups -OCH3 is 1. The van der Waals surface area contributed by atoms with Crippen LogP contribution in [0.1, 0.15) is 24.4 Å². The molecule has 0 N–H and O–H groups in total. The van der Waals surface area contributed by atoms with E-state index < -0.39 is 0 Å². The van der Waals surface area contributed by atoms with Crippen LogP contribution in [0.25, 0.3) is 21.8 Å². The first-order valence-corrected chi connectivity index (χ1v) is 7.70. The second-order valence-corrected chi connectivity index (χ2v) is 5.94. The first-order valence-electron chi connectivity index (χ1n) is 7.70. The monoisotopic (exact) mass is 293 g/mol. The van der Waals surface area contributed by atoms with Crippen LogP contribution < -0.4 is 4.74 Å². The van der Waals surface area contributed by atoms with Crippen LogP contribution in [0.4, 0.5) is 0 Å². The molecule has 1 aromatic carbocycles. The molecule has 0 spiro atoms. The van der Waals surface area contributed by atoms with E-state index in [0.29, 0.717) is 11.9 Å². The van der Waals surface area contributed by atoms with E-state index in [2.05, 4.69) is 35.1 Å². The normalized spacial score (nSPS) is 19.1. The summed E-state index contributed by atoms with van der Waals surface area (Å²) in [6, 6.07) is 10.7. The van der Waals surface area contributed by atoms with Crippen LogP contribution in [-0.4, -0.2) is 35.6 Å². The fourth-order valence-electron chi connectivity index (χ4n) is 3.47. The molecule has 1 aliphatic rings. The molecule has 0 saturated carbocycles. The Labute approximate surface area is 129 Å². The van der Waals surface area contributed by atoms with Crippen LogP contribution in [-0.2, 0) is 0 Å². The predicted octanol–water partition coefficient (Wildman–Crippen LogP) is 3.56. The molecule has 0 aliphatic carbocycles. The van der Waals surface area contributed by atoms with Gasteiger partial charge in [-0.15, -0.1) is 0 Å². The van der Waals surface area contributed by atoms with Gasteiger partial charge in [-0.2, -0.15) is 0 Å². The van der Waals surface area contributed by atoms with Crippen molar-refractivity contribution < 1.29 is 4.74 Å². The summed E-state index contributed by atoms with van der Waals surface area (Å²) < 4.78 is 5.46. The lowest BCUT2D eigenvalue weighted by molar-refractivity contribution is 0.318. The lowest BCUT2D eigenvalue weighted by atomic mass is 10.0. The first-order chi connectivity index (χ1) is 10.8. The third kappa shape index (κ3) is 2.03. The van der Waals surface area contributed by atoms with E-state index in [-0.39, 0.29) is 0 Å². The number of benzene rings is 1. The number of para-hydroxylation sites is 1. The van der Waals surface area contributed by atoms with Crippen molar-refractivity contribution in [1.82, 2.24) is 14.9 Å². The summed E-state index contributed by atoms with van der Waals surface area (Å²) in [4.78, 5) is 11.8. The fraction of sp³-hybridized carbons (Fsp3) is 0.333. The molecule has 0 radical (unpaired) electrons. The zero-order valence-electron chi connectivity index (χ0n) is 12.9. The van der Waals surface area contributed by atoms with Gasteiger partial charge in [0.05, 0.1) is 23.5 Å². The summed E-state index contributed by atoms with van der Waals surface area (Å²) in [5.41, 5.74) is 3.25. The van der Waals surface area contributed by atoms with E-state index in [9.17, 15) is 0 Å². The zero-order chi connectivity index (χ0) is 15.1. The molecule has 0 unspecified atom stereocenters. The Balaban J connectivity index is 2.03. The first kappa shape index (κ1) is 13.5. The molecule has 1 atom stereocenters. The Morgan fingerprint density at radius 2 is 2.14 bits per heavy atom. The lowest BCUT2D eigenvalue weighted by Gasteiger charge is -2.21. The van der Waals surface area contributed by atoms with Gasteiger partial charge < -0.3 is 4.74 Å². The van der Waals surface area contributed by atoms with E-state index in [1.807, 2.05) is 18.3 Å². The average molecular weight is 293 g/mol. The molecule has 0 amide bonds. The smallest absolute Gasteiger partial charge is 0.222 e. The zero-order valence-corrected chi connectivity index (χ0v) is 12.9. The van der Waals surface area contributed by atoms with Crippen LogP contribution in [0.5, 0.6) is 5.88 Å². The molecular weight excluding hydrogens is 274 g/mol. The van der Waals surface area contributed by atoms with Crippen LogP contribution in [0, 0.1) is 0 Å². The van der Waals surface area contributed by atoms with Crippen LogP contribution in [0.15, 0.2) is 36.5 Å². The maximum atomic E-state index is 5.46. The highest BCUT2D eigenvalue weighted by Gasteiger charge is 2.26. The van der Waals surface area contributed by atoms with Crippen molar-refractivity contribution >= 4 is 21.8 Å². The number of rotatable bonds is 2. The highest BCUT2D eigenvalue weighted by molar-refractivity contribution is 5.96. The molecule has 4 rings (SSSR count). The van der Waals surface area contributed by atoms with Gasteiger partial charge in [-0.25, -0.2) is 9.97 Å². The summed E-state index contributed by atoms with van der Waals surface area (Å²) in [7, 11) is 3.84. The third-order valence-electron chi connectivity index (χ3n) is 4.62. The molecule has 3 aromatic rings. The number of ether oxygens (including phenoxy) is 1. The van der Waals surface area contributed by atoms with Crippen molar-refractivity contribution in [2.24, 2.45) is 0 Å². The van der Waals surface area contributed by atoms with Crippen LogP contribution in [0.3, 0.4) is 0 Å². The third-order valence-corrected chi connectivity index (χ3v) is 4.62. The van der Waals surface area contributed by atoms with Gasteiger partial charge in [-0.1, -0.05) is 18.2 Å². The number of pyridine rings is 2. The standard InChI is InChI=1S/C18H19N3O/c1-21-9-5-8-16(21)14-11-19-18(22-2)13-10-12-6-3-4-7-15(12)20-17(13)14/h3-4,6-7,10-11,16H,5,8-9H2,1-2H3/t16-/m0/s1. The lowest BCUT2D eigenvalue weighted by Crippen LogP contribution is -2.18. The van der Waals surface area contributed by atoms with Gasteiger partial charge in [0.15, 0.2) is 0 Å². The van der Waals surface area contributed by atoms with Crippen molar-refractivity contribution in [2.45, 2.75) is 18.9 Å². The van der Waals surface area contributed by atoms with Crippen molar-refractivity contribution in [3.63, 3.8) is 0 Å². The van der Waals surface area contributed by atoms with Crippen molar-refractivity contribution in [3.8, 4) is 5.88 Å². The average Bonchev–Trinajstić information content (AvgIpc) is 2.98. The minimum atomic E-state index is 0.398. The van der Waals surface area contributed by atoms with Crippen molar-refractivity contribution in [2.75, 3.05) is 20.7 Å². The molecule has 112 valence electrons. The topological polar surface area (TPSA) is 38.2 Å². The SMILES string of the molecule is COc1ncc([C@@H]2CCCN2C)c2nc3ccccc3cc12. The van der Waals surface area contributed by atoms with Gasteiger partial charge in [-0.3, -0.25) is 4.90 Å². The minimum absolute atomic E-state index is 0.398. The van der Waals surface area contributed by atoms with Crippen molar-refractivity contribution in [3.05, 3.63) is 42.1 Å². The van der Waals surface area contributed by atoms with Crippen LogP contribution >= 0.6 is 0 Å². The van der Waals surface area contributed by atoms with Gasteiger partial charge in [0, 0.05) is 23.2 Å². The highest BCUT2D eigenvalue weighted by atomic mass is 16.5. The van der Waals surface area contributed by atoms with E-state index in [1.165, 1.54) is 12.0 Å². The molecule has 4 nitrogen and oxygen atoms in total. The largest absolute Gasteiger partial charge is 0.481 e. The molecule has 1 aliphatic heterocycles. The van der Waals surface area contributed by atoms with Crippen molar-refractivity contribution in [1.29, 1.82) is 0 Å². The molecule has 1 saturated heterocycles. The van der Waals surface area contributed by atoms with Crippen LogP contribution in [0.2, 0.25) is 0 Å². The number of fused-ring (bicyclic) bond motifs is 2. The second-order valence-electron chi connectivity index (χ2n) is 5.94. The molecule has 0 bridgehead atoms. The maximum Gasteiger partial charge on any atom is 0.222 e. The highest BCUT2D eigenvalue weighted by Crippen LogP contribution is 2.36. The summed E-state index contributed by atoms with van der Waals surface area (Å²) in [6.07, 6.45) is 4.33. The van der Waals surface area contributed by atoms with Gasteiger partial charge in [0.1, 0.15) is 0 Å². The summed E-state index contributed by atoms with van der Waals surface area (Å²) >= 11 is 0. The number of likely N-dealkylation sites (tertiary alicyclic amines) is 1. The molecule has 4 heteroatoms. The summed E-state index contributed by atoms with van der Waals surface area (Å²) in [5.74, 6) is 0.651. The number of aromatic nitrogens is 2. The van der Waals surface area contributed by atoms with E-state index in [4.69, 9.17) is 9.72 Å². The fourth-order valence-corrected chi connectivity index (χ4v) is 3.47. The van der Waals surface area contributed by atoms with Gasteiger partial charge >= 0.3 is 0 Å². The summed E-state index contributed by atoms with van der Waals surface area (Å²) in [6.45, 7) is 1.13. The molecule has 1 fully saturated rings. The Kier molecular flexibility index (Phi) is 3.19. The summed E-state index contributed by atoms with van der Waals surface area (Å²) in [5, 5.41) is 2.12. The molecule has 3 heterocycles. The van der Waals surface area contributed by atoms with Gasteiger partial charge in [-0.05, 0) is 38.6 Å². The second kappa shape index (κ2) is 5.21. The number of hydrogen-bond acceptors (Lipinski definition) is 4. The Morgan fingerprint density at radius 1 is 1.27 bits per heavy atom. The van der Waals surface area contributed by atoms with Gasteiger partial charge in [0.25, 0.3) is 0 Å². The number of nitrogens with zero attached hydrogens (tertiary/aromatic N) is 3. The van der Waals surface area contributed by atoms with E-state index >= 15 is 0 Å². The quantitative estimate of drug-likeness (QED) is 0.677. The minimum Gasteiger partial charge on any atom is -0.481 e. The molecule has 2 aromatic heterocycles. The maximum absolute atomic E-state index is 5.46. The van der Waals surface area contributed by atoms with E-state index in [1.54, 1.807) is 7.11 Å². The Hall–Kier alpha value is -2.20. The number of hydrogen-bond donors (Lipinski definition) is 0. The molecular formula is C18H19N3O. The molecule has 22 heavy (non-hydrogen) atoms. The van der Waals surface area contributed by atoms with E-state index in [0.717, 1.165) is 34.8 Å². The predicted molar refractivity (Wildman–Crippen MR) is 88.2 cm³/mol.